The quantitative estimate of drug-likeness (QED) is 0.597. The van der Waals surface area contributed by atoms with Gasteiger partial charge in [-0.2, -0.15) is 0 Å². The van der Waals surface area contributed by atoms with Crippen LogP contribution in [0.1, 0.15) is 5.56 Å². The SMILES string of the molecule is NC1C=[N+](CCc2ccccc2)[N-]O1.[Cl-]. The summed E-state index contributed by atoms with van der Waals surface area (Å²) in [6, 6.07) is 10.3. The van der Waals surface area contributed by atoms with Crippen molar-refractivity contribution in [2.24, 2.45) is 5.73 Å². The van der Waals surface area contributed by atoms with Crippen LogP contribution in [0.5, 0.6) is 0 Å². The van der Waals surface area contributed by atoms with Crippen LogP contribution in [0.4, 0.5) is 0 Å². The van der Waals surface area contributed by atoms with Crippen LogP contribution in [-0.4, -0.2) is 23.7 Å². The lowest BCUT2D eigenvalue weighted by Gasteiger charge is -2.09. The molecule has 0 fully saturated rings. The maximum atomic E-state index is 5.48. The molecular formula is C10H13ClN3O-. The molecular weight excluding hydrogens is 214 g/mol. The van der Waals surface area contributed by atoms with Crippen LogP contribution in [0.15, 0.2) is 30.3 Å². The van der Waals surface area contributed by atoms with E-state index in [2.05, 4.69) is 17.7 Å². The maximum Gasteiger partial charge on any atom is 0.179 e. The highest BCUT2D eigenvalue weighted by Gasteiger charge is 2.09. The zero-order valence-corrected chi connectivity index (χ0v) is 8.97. The van der Waals surface area contributed by atoms with Gasteiger partial charge < -0.3 is 22.8 Å². The topological polar surface area (TPSA) is 52.4 Å². The Balaban J connectivity index is 0.00000112. The van der Waals surface area contributed by atoms with Gasteiger partial charge in [0.15, 0.2) is 12.4 Å². The van der Waals surface area contributed by atoms with Gasteiger partial charge in [0.1, 0.15) is 6.54 Å². The Morgan fingerprint density at radius 3 is 2.67 bits per heavy atom. The number of benzene rings is 1. The molecule has 0 aromatic heterocycles. The second-order valence-corrected chi connectivity index (χ2v) is 3.20. The van der Waals surface area contributed by atoms with Crippen LogP contribution in [0.25, 0.3) is 5.59 Å². The molecule has 1 aromatic carbocycles. The third-order valence-corrected chi connectivity index (χ3v) is 2.07. The fourth-order valence-corrected chi connectivity index (χ4v) is 1.34. The Bertz CT molecular complexity index is 329. The lowest BCUT2D eigenvalue weighted by molar-refractivity contribution is -0.491. The van der Waals surface area contributed by atoms with Crippen molar-refractivity contribution in [3.63, 3.8) is 0 Å². The fourth-order valence-electron chi connectivity index (χ4n) is 1.34. The first-order valence-corrected chi connectivity index (χ1v) is 4.62. The number of rotatable bonds is 3. The van der Waals surface area contributed by atoms with E-state index in [9.17, 15) is 0 Å². The zero-order chi connectivity index (χ0) is 9.80. The van der Waals surface area contributed by atoms with E-state index < -0.39 is 0 Å². The smallest absolute Gasteiger partial charge is 0.179 e. The fraction of sp³-hybridized carbons (Fsp3) is 0.300. The van der Waals surface area contributed by atoms with Gasteiger partial charge in [0, 0.05) is 6.42 Å². The summed E-state index contributed by atoms with van der Waals surface area (Å²) in [7, 11) is 0. The van der Waals surface area contributed by atoms with E-state index in [4.69, 9.17) is 10.6 Å². The largest absolute Gasteiger partial charge is 1.00 e. The second kappa shape index (κ2) is 5.70. The molecule has 0 amide bonds. The molecule has 1 aliphatic heterocycles. The molecule has 2 rings (SSSR count). The van der Waals surface area contributed by atoms with Crippen LogP contribution >= 0.6 is 0 Å². The normalized spacial score (nSPS) is 19.0. The zero-order valence-electron chi connectivity index (χ0n) is 8.21. The predicted octanol–water partition coefficient (Wildman–Crippen LogP) is -2.16. The van der Waals surface area contributed by atoms with Crippen molar-refractivity contribution < 1.29 is 21.9 Å². The summed E-state index contributed by atoms with van der Waals surface area (Å²) >= 11 is 0. The molecule has 0 spiro atoms. The third kappa shape index (κ3) is 3.51. The molecule has 4 nitrogen and oxygen atoms in total. The van der Waals surface area contributed by atoms with Crippen molar-refractivity contribution in [2.75, 3.05) is 6.54 Å². The van der Waals surface area contributed by atoms with Crippen molar-refractivity contribution in [2.45, 2.75) is 12.6 Å². The summed E-state index contributed by atoms with van der Waals surface area (Å²) in [5, 5.41) is 0. The highest BCUT2D eigenvalue weighted by Crippen LogP contribution is 2.05. The molecule has 82 valence electrons. The summed E-state index contributed by atoms with van der Waals surface area (Å²) in [5.74, 6) is 0. The number of nitrogens with two attached hydrogens (primary N) is 1. The monoisotopic (exact) mass is 226 g/mol. The molecule has 5 heteroatoms. The molecule has 0 saturated heterocycles. The van der Waals surface area contributed by atoms with E-state index in [1.807, 2.05) is 18.2 Å². The van der Waals surface area contributed by atoms with E-state index in [0.717, 1.165) is 13.0 Å². The first kappa shape index (κ1) is 12.0. The van der Waals surface area contributed by atoms with Gasteiger partial charge in [-0.15, -0.1) is 0 Å². The Morgan fingerprint density at radius 2 is 2.07 bits per heavy atom. The van der Waals surface area contributed by atoms with Crippen LogP contribution in [-0.2, 0) is 11.3 Å². The van der Waals surface area contributed by atoms with Crippen molar-refractivity contribution in [3.8, 4) is 0 Å². The van der Waals surface area contributed by atoms with Gasteiger partial charge in [-0.05, 0) is 5.56 Å². The van der Waals surface area contributed by atoms with Gasteiger partial charge in [0.05, 0.1) is 0 Å². The summed E-state index contributed by atoms with van der Waals surface area (Å²) in [4.78, 5) is 4.83. The summed E-state index contributed by atoms with van der Waals surface area (Å²) in [5.41, 5.74) is 10.6. The lowest BCUT2D eigenvalue weighted by Crippen LogP contribution is -3.00. The van der Waals surface area contributed by atoms with E-state index in [0.29, 0.717) is 0 Å². The summed E-state index contributed by atoms with van der Waals surface area (Å²) in [6.45, 7) is 0.803. The first-order chi connectivity index (χ1) is 6.84. The van der Waals surface area contributed by atoms with Gasteiger partial charge in [-0.3, -0.25) is 10.4 Å². The minimum absolute atomic E-state index is 0. The molecule has 2 N–H and O–H groups in total. The van der Waals surface area contributed by atoms with E-state index in [-0.39, 0.29) is 18.6 Å². The molecule has 0 aliphatic carbocycles. The van der Waals surface area contributed by atoms with Gasteiger partial charge >= 0.3 is 0 Å². The molecule has 1 atom stereocenters. The molecule has 0 saturated carbocycles. The molecule has 15 heavy (non-hydrogen) atoms. The maximum absolute atomic E-state index is 5.48. The van der Waals surface area contributed by atoms with Crippen LogP contribution in [0.3, 0.4) is 0 Å². The summed E-state index contributed by atoms with van der Waals surface area (Å²) in [6.07, 6.45) is 2.32. The summed E-state index contributed by atoms with van der Waals surface area (Å²) < 4.78 is 1.73. The average molecular weight is 227 g/mol. The average Bonchev–Trinajstić information content (AvgIpc) is 2.63. The van der Waals surface area contributed by atoms with Crippen molar-refractivity contribution >= 4 is 6.21 Å². The predicted molar refractivity (Wildman–Crippen MR) is 53.8 cm³/mol. The van der Waals surface area contributed by atoms with Crippen LogP contribution in [0, 0.1) is 0 Å². The van der Waals surface area contributed by atoms with Crippen molar-refractivity contribution in [1.82, 2.24) is 0 Å². The highest BCUT2D eigenvalue weighted by molar-refractivity contribution is 5.57. The van der Waals surface area contributed by atoms with Gasteiger partial charge in [0.2, 0.25) is 0 Å². The Kier molecular flexibility index (Phi) is 4.55. The molecule has 1 unspecified atom stereocenters. The van der Waals surface area contributed by atoms with Gasteiger partial charge in [-0.25, -0.2) is 0 Å². The molecule has 1 aromatic rings. The molecule has 0 bridgehead atoms. The first-order valence-electron chi connectivity index (χ1n) is 4.62. The Morgan fingerprint density at radius 1 is 1.33 bits per heavy atom. The van der Waals surface area contributed by atoms with Crippen molar-refractivity contribution in [3.05, 3.63) is 41.5 Å². The van der Waals surface area contributed by atoms with Gasteiger partial charge in [-0.1, -0.05) is 30.3 Å². The molecule has 1 aliphatic rings. The van der Waals surface area contributed by atoms with Gasteiger partial charge in [0.25, 0.3) is 0 Å². The third-order valence-electron chi connectivity index (χ3n) is 2.07. The molecule has 1 heterocycles. The van der Waals surface area contributed by atoms with E-state index in [1.54, 1.807) is 10.9 Å². The van der Waals surface area contributed by atoms with Crippen LogP contribution < -0.4 is 18.1 Å². The van der Waals surface area contributed by atoms with E-state index in [1.165, 1.54) is 5.56 Å². The van der Waals surface area contributed by atoms with E-state index >= 15 is 0 Å². The number of halogens is 1. The lowest BCUT2D eigenvalue weighted by atomic mass is 10.1. The second-order valence-electron chi connectivity index (χ2n) is 3.20. The number of nitrogens with zero attached hydrogens (tertiary/aromatic N) is 2. The number of hydrogen-bond donors (Lipinski definition) is 1. The Labute approximate surface area is 95.1 Å². The molecule has 0 radical (unpaired) electrons. The standard InChI is InChI=1S/C10H13N3O.ClH/c11-10-8-13(12-14-10)7-6-9-4-2-1-3-5-9;/h1-5,8,10H,6-7,11H2;1H/p-1. The van der Waals surface area contributed by atoms with Crippen LogP contribution in [0.2, 0.25) is 0 Å². The Hall–Kier alpha value is -1.10. The minimum atomic E-state index is -0.384. The number of hydrogen-bond acceptors (Lipinski definition) is 2. The highest BCUT2D eigenvalue weighted by atomic mass is 35.5. The minimum Gasteiger partial charge on any atom is -1.00 e. The van der Waals surface area contributed by atoms with Crippen molar-refractivity contribution in [1.29, 1.82) is 0 Å².